The third-order valence-corrected chi connectivity index (χ3v) is 6.02. The summed E-state index contributed by atoms with van der Waals surface area (Å²) in [5.41, 5.74) is 1.40. The molecule has 1 atom stereocenters. The van der Waals surface area contributed by atoms with E-state index < -0.39 is 28.5 Å². The van der Waals surface area contributed by atoms with Crippen molar-refractivity contribution >= 4 is 33.2 Å². The highest BCUT2D eigenvalue weighted by molar-refractivity contribution is 7.89. The van der Waals surface area contributed by atoms with Gasteiger partial charge in [-0.3, -0.25) is 9.59 Å². The fourth-order valence-electron chi connectivity index (χ4n) is 3.10. The number of rotatable bonds is 10. The number of nitrogens with one attached hydrogen (secondary N) is 2. The second-order valence-corrected chi connectivity index (χ2v) is 8.39. The number of sulfonamides is 1. The van der Waals surface area contributed by atoms with Gasteiger partial charge in [0, 0.05) is 23.4 Å². The first-order chi connectivity index (χ1) is 14.8. The lowest BCUT2D eigenvalue weighted by atomic mass is 10.1. The normalized spacial score (nSPS) is 12.4. The Bertz CT molecular complexity index is 1270. The molecule has 0 aliphatic heterocycles. The molecular formula is C21H20N2O7S. The zero-order chi connectivity index (χ0) is 22.4. The third-order valence-electron chi connectivity index (χ3n) is 4.49. The van der Waals surface area contributed by atoms with Gasteiger partial charge in [0.05, 0.1) is 19.1 Å². The summed E-state index contributed by atoms with van der Waals surface area (Å²) in [5.74, 6) is -1.23. The number of carboxylic acid groups (broad SMARTS) is 1. The lowest BCUT2D eigenvalue weighted by Gasteiger charge is -2.15. The predicted octanol–water partition coefficient (Wildman–Crippen LogP) is 1.47. The first-order valence-electron chi connectivity index (χ1n) is 9.32. The molecule has 31 heavy (non-hydrogen) atoms. The number of pyridine rings is 1. The fraction of sp³-hybridized carbons (Fsp3) is 0.190. The first-order valence-corrected chi connectivity index (χ1v) is 10.8. The number of hydrogen-bond acceptors (Lipinski definition) is 6. The smallest absolute Gasteiger partial charge is 0.305 e. The van der Waals surface area contributed by atoms with Gasteiger partial charge >= 0.3 is 5.97 Å². The monoisotopic (exact) mass is 444 g/mol. The van der Waals surface area contributed by atoms with Crippen molar-refractivity contribution in [2.24, 2.45) is 0 Å². The highest BCUT2D eigenvalue weighted by atomic mass is 32.2. The Balaban J connectivity index is 1.76. The average molecular weight is 444 g/mol. The summed E-state index contributed by atoms with van der Waals surface area (Å²) in [7, 11) is -4.19. The van der Waals surface area contributed by atoms with Crippen LogP contribution in [0, 0.1) is 0 Å². The van der Waals surface area contributed by atoms with Crippen LogP contribution in [-0.4, -0.2) is 43.4 Å². The van der Waals surface area contributed by atoms with Crippen LogP contribution in [0.2, 0.25) is 0 Å². The molecule has 0 bridgehead atoms. The lowest BCUT2D eigenvalue weighted by molar-refractivity contribution is -0.138. The largest absolute Gasteiger partial charge is 0.492 e. The van der Waals surface area contributed by atoms with E-state index in [9.17, 15) is 22.8 Å². The minimum absolute atomic E-state index is 0.0728. The zero-order valence-electron chi connectivity index (χ0n) is 16.3. The first kappa shape index (κ1) is 22.2. The van der Waals surface area contributed by atoms with Crippen molar-refractivity contribution in [3.05, 3.63) is 70.5 Å². The second-order valence-electron chi connectivity index (χ2n) is 6.71. The number of carbonyl (C=O) groups excluding carboxylic acids is 1. The molecule has 10 heteroatoms. The second kappa shape index (κ2) is 9.54. The van der Waals surface area contributed by atoms with Crippen LogP contribution < -0.4 is 15.0 Å². The molecule has 0 aliphatic carbocycles. The maximum Gasteiger partial charge on any atom is 0.305 e. The number of aromatic nitrogens is 1. The molecule has 0 unspecified atom stereocenters. The number of aliphatic carboxylic acids is 1. The third kappa shape index (κ3) is 5.56. The molecule has 2 aromatic carbocycles. The molecule has 1 heterocycles. The molecule has 3 aromatic rings. The molecule has 0 aliphatic rings. The maximum atomic E-state index is 12.7. The maximum absolute atomic E-state index is 12.7. The van der Waals surface area contributed by atoms with E-state index in [1.165, 1.54) is 24.3 Å². The fourth-order valence-corrected chi connectivity index (χ4v) is 4.42. The molecular weight excluding hydrogens is 424 g/mol. The molecule has 162 valence electrons. The quantitative estimate of drug-likeness (QED) is 0.402. The van der Waals surface area contributed by atoms with E-state index in [1.807, 2.05) is 6.07 Å². The van der Waals surface area contributed by atoms with E-state index in [4.69, 9.17) is 9.84 Å². The number of carbonyl (C=O) groups is 2. The number of ether oxygens (including phenoxy) is 1. The SMILES string of the molecule is O=C[C@H](CC(=O)O)NS(=O)(=O)c1ccccc1OCCc1cccc2[nH]c(=O)ccc12. The standard InChI is InChI=1S/C21H20N2O7S/c24-13-15(12-21(26)27)23-31(28,29)19-7-2-1-6-18(19)30-11-10-14-4-3-5-17-16(14)8-9-20(25)22-17/h1-9,13,15,23H,10-12H2,(H,22,25)(H,26,27)/t15-/m0/s1. The summed E-state index contributed by atoms with van der Waals surface area (Å²) in [5, 5.41) is 9.67. The molecule has 3 N–H and O–H groups in total. The highest BCUT2D eigenvalue weighted by Gasteiger charge is 2.24. The molecule has 9 nitrogen and oxygen atoms in total. The molecule has 0 saturated heterocycles. The summed E-state index contributed by atoms with van der Waals surface area (Å²) >= 11 is 0. The van der Waals surface area contributed by atoms with Crippen LogP contribution in [0.1, 0.15) is 12.0 Å². The number of para-hydroxylation sites is 1. The Hall–Kier alpha value is -3.50. The minimum Gasteiger partial charge on any atom is -0.492 e. The summed E-state index contributed by atoms with van der Waals surface area (Å²) in [6.45, 7) is 0.150. The van der Waals surface area contributed by atoms with Gasteiger partial charge in [0.25, 0.3) is 0 Å². The van der Waals surface area contributed by atoms with Crippen molar-refractivity contribution in [3.63, 3.8) is 0 Å². The van der Waals surface area contributed by atoms with Gasteiger partial charge in [-0.05, 0) is 29.8 Å². The van der Waals surface area contributed by atoms with Gasteiger partial charge in [-0.15, -0.1) is 0 Å². The van der Waals surface area contributed by atoms with Crippen LogP contribution in [0.15, 0.2) is 64.3 Å². The van der Waals surface area contributed by atoms with Crippen LogP contribution in [0.4, 0.5) is 0 Å². The van der Waals surface area contributed by atoms with E-state index in [0.29, 0.717) is 11.9 Å². The molecule has 0 fully saturated rings. The summed E-state index contributed by atoms with van der Waals surface area (Å²) in [4.78, 5) is 35.9. The van der Waals surface area contributed by atoms with Gasteiger partial charge < -0.3 is 19.6 Å². The van der Waals surface area contributed by atoms with Crippen LogP contribution in [0.5, 0.6) is 5.75 Å². The minimum atomic E-state index is -4.19. The molecule has 1 aromatic heterocycles. The van der Waals surface area contributed by atoms with Gasteiger partial charge in [0.15, 0.2) is 0 Å². The van der Waals surface area contributed by atoms with Gasteiger partial charge in [-0.25, -0.2) is 13.1 Å². The lowest BCUT2D eigenvalue weighted by Crippen LogP contribution is -2.37. The van der Waals surface area contributed by atoms with E-state index in [1.54, 1.807) is 24.3 Å². The summed E-state index contributed by atoms with van der Waals surface area (Å²) in [6.07, 6.45) is 0.0100. The van der Waals surface area contributed by atoms with Crippen LogP contribution in [0.25, 0.3) is 10.9 Å². The number of benzene rings is 2. The van der Waals surface area contributed by atoms with Gasteiger partial charge in [-0.1, -0.05) is 24.3 Å². The van der Waals surface area contributed by atoms with Gasteiger partial charge in [0.1, 0.15) is 16.9 Å². The Kier molecular flexibility index (Phi) is 6.83. The molecule has 0 spiro atoms. The topological polar surface area (TPSA) is 143 Å². The molecule has 0 amide bonds. The van der Waals surface area contributed by atoms with Crippen LogP contribution in [-0.2, 0) is 26.0 Å². The average Bonchev–Trinajstić information content (AvgIpc) is 2.73. The predicted molar refractivity (Wildman–Crippen MR) is 113 cm³/mol. The molecule has 3 rings (SSSR count). The summed E-state index contributed by atoms with van der Waals surface area (Å²) < 4.78 is 33.1. The van der Waals surface area contributed by atoms with Crippen LogP contribution in [0.3, 0.4) is 0 Å². The van der Waals surface area contributed by atoms with Crippen molar-refractivity contribution in [2.45, 2.75) is 23.8 Å². The number of carboxylic acids is 1. The number of H-pyrrole nitrogens is 1. The number of fused-ring (bicyclic) bond motifs is 1. The summed E-state index contributed by atoms with van der Waals surface area (Å²) in [6, 6.07) is 13.1. The highest BCUT2D eigenvalue weighted by Crippen LogP contribution is 2.24. The number of hydrogen-bond donors (Lipinski definition) is 3. The van der Waals surface area contributed by atoms with E-state index in [2.05, 4.69) is 9.71 Å². The Morgan fingerprint density at radius 2 is 1.90 bits per heavy atom. The molecule has 0 radical (unpaired) electrons. The number of aromatic amines is 1. The van der Waals surface area contributed by atoms with Crippen molar-refractivity contribution in [1.82, 2.24) is 9.71 Å². The Morgan fingerprint density at radius 3 is 2.65 bits per heavy atom. The van der Waals surface area contributed by atoms with Gasteiger partial charge in [0.2, 0.25) is 15.6 Å². The van der Waals surface area contributed by atoms with E-state index in [-0.39, 0.29) is 29.1 Å². The van der Waals surface area contributed by atoms with Crippen molar-refractivity contribution in [2.75, 3.05) is 6.61 Å². The van der Waals surface area contributed by atoms with E-state index >= 15 is 0 Å². The Morgan fingerprint density at radius 1 is 1.13 bits per heavy atom. The van der Waals surface area contributed by atoms with Crippen molar-refractivity contribution in [3.8, 4) is 5.75 Å². The Labute approximate surface area is 177 Å². The van der Waals surface area contributed by atoms with E-state index in [0.717, 1.165) is 10.9 Å². The van der Waals surface area contributed by atoms with Crippen LogP contribution >= 0.6 is 0 Å². The number of aldehydes is 1. The van der Waals surface area contributed by atoms with Crippen molar-refractivity contribution in [1.29, 1.82) is 0 Å². The van der Waals surface area contributed by atoms with Crippen molar-refractivity contribution < 1.29 is 27.9 Å². The molecule has 0 saturated carbocycles. The van der Waals surface area contributed by atoms with Gasteiger partial charge in [-0.2, -0.15) is 0 Å². The zero-order valence-corrected chi connectivity index (χ0v) is 17.1.